The molecule has 1 atom stereocenters. The van der Waals surface area contributed by atoms with Crippen LogP contribution in [-0.4, -0.2) is 64.7 Å². The number of amides is 1. The summed E-state index contributed by atoms with van der Waals surface area (Å²) in [7, 11) is 6.22. The predicted molar refractivity (Wildman–Crippen MR) is 116 cm³/mol. The first-order chi connectivity index (χ1) is 14.4. The number of likely N-dealkylation sites (N-methyl/N-ethyl adjacent to an activating group) is 1. The number of nitrogens with one attached hydrogen (secondary N) is 3. The second-order valence-corrected chi connectivity index (χ2v) is 8.14. The lowest BCUT2D eigenvalue weighted by Gasteiger charge is -2.33. The summed E-state index contributed by atoms with van der Waals surface area (Å²) in [6, 6.07) is 14.6. The largest absolute Gasteiger partial charge is 0.378 e. The number of carbonyl (C=O) groups is 1. The Morgan fingerprint density at radius 1 is 1.10 bits per heavy atom. The Bertz CT molecular complexity index is 877. The second-order valence-electron chi connectivity index (χ2n) is 8.14. The quantitative estimate of drug-likeness (QED) is 0.424. The zero-order valence-corrected chi connectivity index (χ0v) is 17.9. The topological polar surface area (TPSA) is 84.4 Å². The Labute approximate surface area is 177 Å². The first-order valence-electron chi connectivity index (χ1n) is 10.3. The summed E-state index contributed by atoms with van der Waals surface area (Å²) in [6.07, 6.45) is 0. The molecule has 1 aliphatic rings. The summed E-state index contributed by atoms with van der Waals surface area (Å²) in [5.41, 5.74) is 2.22. The number of benzene rings is 2. The van der Waals surface area contributed by atoms with Crippen LogP contribution in [0.1, 0.15) is 22.0 Å². The molecule has 0 bridgehead atoms. The summed E-state index contributed by atoms with van der Waals surface area (Å²) in [6.45, 7) is 4.64. The number of para-hydroxylation sites is 1. The standard InChI is InChI=1S/C22H29N5O3/c1-24(2)18-10-8-17(9-11-18)21(26-14-12-25(3)13-15-26)16-23-22(28)19-6-4-5-7-20(19)27(29)30/h4-11,21H,12-16H2,1-3H3,(H,23,28)/p+2/t21-/m1/s1. The van der Waals surface area contributed by atoms with Crippen LogP contribution in [0.15, 0.2) is 48.5 Å². The molecule has 160 valence electrons. The summed E-state index contributed by atoms with van der Waals surface area (Å²) >= 11 is 0. The van der Waals surface area contributed by atoms with E-state index >= 15 is 0 Å². The summed E-state index contributed by atoms with van der Waals surface area (Å²) in [5, 5.41) is 14.2. The molecule has 3 rings (SSSR count). The molecule has 0 radical (unpaired) electrons. The van der Waals surface area contributed by atoms with E-state index in [1.165, 1.54) is 21.9 Å². The number of hydrogen-bond acceptors (Lipinski definition) is 4. The van der Waals surface area contributed by atoms with Crippen molar-refractivity contribution < 1.29 is 19.5 Å². The molecule has 1 amide bonds. The van der Waals surface area contributed by atoms with Gasteiger partial charge in [-0.15, -0.1) is 0 Å². The van der Waals surface area contributed by atoms with E-state index in [-0.39, 0.29) is 17.3 Å². The minimum absolute atomic E-state index is 0.0982. The van der Waals surface area contributed by atoms with Crippen molar-refractivity contribution in [3.05, 3.63) is 69.8 Å². The Hall–Kier alpha value is -2.97. The fourth-order valence-electron chi connectivity index (χ4n) is 3.96. The highest BCUT2D eigenvalue weighted by molar-refractivity contribution is 5.98. The second kappa shape index (κ2) is 9.69. The molecule has 3 N–H and O–H groups in total. The Morgan fingerprint density at radius 2 is 1.73 bits per heavy atom. The van der Waals surface area contributed by atoms with Crippen molar-refractivity contribution in [2.45, 2.75) is 6.04 Å². The monoisotopic (exact) mass is 413 g/mol. The number of carbonyl (C=O) groups excluding carboxylic acids is 1. The van der Waals surface area contributed by atoms with Crippen LogP contribution in [0.2, 0.25) is 0 Å². The van der Waals surface area contributed by atoms with Gasteiger partial charge in [-0.3, -0.25) is 14.9 Å². The maximum absolute atomic E-state index is 12.7. The van der Waals surface area contributed by atoms with Crippen LogP contribution < -0.4 is 20.0 Å². The van der Waals surface area contributed by atoms with Gasteiger partial charge in [-0.05, 0) is 18.2 Å². The fraction of sp³-hybridized carbons (Fsp3) is 0.409. The maximum Gasteiger partial charge on any atom is 0.282 e. The SMILES string of the molecule is CN(C)c1ccc([C@@H](CNC(=O)c2ccccc2[N+](=O)[O-])[NH+]2CC[NH+](C)CC2)cc1. The first kappa shape index (κ1) is 21.7. The van der Waals surface area contributed by atoms with Gasteiger partial charge in [0.05, 0.1) is 18.5 Å². The third-order valence-electron chi connectivity index (χ3n) is 5.86. The van der Waals surface area contributed by atoms with Crippen molar-refractivity contribution in [3.8, 4) is 0 Å². The van der Waals surface area contributed by atoms with E-state index in [0.29, 0.717) is 6.54 Å². The van der Waals surface area contributed by atoms with Gasteiger partial charge in [0.2, 0.25) is 0 Å². The van der Waals surface area contributed by atoms with Crippen molar-refractivity contribution in [1.29, 1.82) is 0 Å². The van der Waals surface area contributed by atoms with Crippen LogP contribution in [0.25, 0.3) is 0 Å². The Balaban J connectivity index is 1.79. The average molecular weight is 414 g/mol. The van der Waals surface area contributed by atoms with Gasteiger partial charge < -0.3 is 20.0 Å². The van der Waals surface area contributed by atoms with Crippen molar-refractivity contribution in [3.63, 3.8) is 0 Å². The molecule has 1 fully saturated rings. The normalized spacial score (nSPS) is 19.7. The summed E-state index contributed by atoms with van der Waals surface area (Å²) in [4.78, 5) is 28.5. The van der Waals surface area contributed by atoms with Crippen LogP contribution >= 0.6 is 0 Å². The lowest BCUT2D eigenvalue weighted by atomic mass is 10.0. The smallest absolute Gasteiger partial charge is 0.282 e. The van der Waals surface area contributed by atoms with E-state index in [9.17, 15) is 14.9 Å². The number of nitrogens with zero attached hydrogens (tertiary/aromatic N) is 2. The fourth-order valence-corrected chi connectivity index (χ4v) is 3.96. The molecule has 1 saturated heterocycles. The molecular weight excluding hydrogens is 382 g/mol. The van der Waals surface area contributed by atoms with E-state index in [2.05, 4.69) is 41.5 Å². The van der Waals surface area contributed by atoms with Gasteiger partial charge in [0.1, 0.15) is 37.8 Å². The predicted octanol–water partition coefficient (Wildman–Crippen LogP) is -0.455. The van der Waals surface area contributed by atoms with Gasteiger partial charge in [0, 0.05) is 31.4 Å². The molecular formula is C22H31N5O3+2. The third kappa shape index (κ3) is 5.14. The number of quaternary nitrogens is 2. The lowest BCUT2D eigenvalue weighted by Crippen LogP contribution is -3.27. The third-order valence-corrected chi connectivity index (χ3v) is 5.86. The number of anilines is 1. The molecule has 1 heterocycles. The molecule has 0 aromatic heterocycles. The van der Waals surface area contributed by atoms with Gasteiger partial charge in [-0.25, -0.2) is 0 Å². The van der Waals surface area contributed by atoms with Crippen LogP contribution in [-0.2, 0) is 0 Å². The van der Waals surface area contributed by atoms with Crippen LogP contribution in [0, 0.1) is 10.1 Å². The van der Waals surface area contributed by atoms with Gasteiger partial charge in [0.15, 0.2) is 0 Å². The molecule has 0 spiro atoms. The molecule has 1 aliphatic heterocycles. The van der Waals surface area contributed by atoms with Crippen molar-refractivity contribution in [2.75, 3.05) is 58.8 Å². The summed E-state index contributed by atoms with van der Waals surface area (Å²) < 4.78 is 0. The number of nitro groups is 1. The number of rotatable bonds is 7. The zero-order valence-electron chi connectivity index (χ0n) is 17.9. The minimum atomic E-state index is -0.513. The molecule has 0 aliphatic carbocycles. The molecule has 2 aromatic carbocycles. The molecule has 8 heteroatoms. The van der Waals surface area contributed by atoms with Crippen molar-refractivity contribution in [1.82, 2.24) is 5.32 Å². The zero-order chi connectivity index (χ0) is 21.7. The van der Waals surface area contributed by atoms with Gasteiger partial charge >= 0.3 is 0 Å². The number of nitro benzene ring substituents is 1. The molecule has 0 unspecified atom stereocenters. The first-order valence-corrected chi connectivity index (χ1v) is 10.3. The van der Waals surface area contributed by atoms with E-state index in [4.69, 9.17) is 0 Å². The van der Waals surface area contributed by atoms with Crippen LogP contribution in [0.5, 0.6) is 0 Å². The highest BCUT2D eigenvalue weighted by Gasteiger charge is 2.30. The van der Waals surface area contributed by atoms with Gasteiger partial charge in [-0.1, -0.05) is 24.3 Å². The van der Waals surface area contributed by atoms with Crippen molar-refractivity contribution in [2.24, 2.45) is 0 Å². The van der Waals surface area contributed by atoms with Crippen LogP contribution in [0.4, 0.5) is 11.4 Å². The lowest BCUT2D eigenvalue weighted by molar-refractivity contribution is -1.02. The van der Waals surface area contributed by atoms with Gasteiger partial charge in [-0.2, -0.15) is 0 Å². The highest BCUT2D eigenvalue weighted by atomic mass is 16.6. The molecule has 2 aromatic rings. The number of hydrogen-bond donors (Lipinski definition) is 3. The van der Waals surface area contributed by atoms with Crippen LogP contribution in [0.3, 0.4) is 0 Å². The molecule has 0 saturated carbocycles. The van der Waals surface area contributed by atoms with Crippen molar-refractivity contribution >= 4 is 17.3 Å². The van der Waals surface area contributed by atoms with E-state index in [1.807, 2.05) is 14.1 Å². The summed E-state index contributed by atoms with van der Waals surface area (Å²) in [5.74, 6) is -0.406. The highest BCUT2D eigenvalue weighted by Crippen LogP contribution is 2.19. The Kier molecular flexibility index (Phi) is 7.02. The average Bonchev–Trinajstić information content (AvgIpc) is 2.75. The van der Waals surface area contributed by atoms with E-state index in [0.717, 1.165) is 37.4 Å². The maximum atomic E-state index is 12.7. The van der Waals surface area contributed by atoms with E-state index in [1.54, 1.807) is 12.1 Å². The minimum Gasteiger partial charge on any atom is -0.378 e. The molecule has 30 heavy (non-hydrogen) atoms. The Morgan fingerprint density at radius 3 is 2.33 bits per heavy atom. The number of piperazine rings is 1. The molecule has 8 nitrogen and oxygen atoms in total. The van der Waals surface area contributed by atoms with Gasteiger partial charge in [0.25, 0.3) is 11.6 Å². The van der Waals surface area contributed by atoms with E-state index < -0.39 is 10.8 Å².